The number of amides is 3. The molecule has 1 N–H and O–H groups in total. The second-order valence-electron chi connectivity index (χ2n) is 7.38. The average Bonchev–Trinajstić information content (AvgIpc) is 2.87. The van der Waals surface area contributed by atoms with Gasteiger partial charge in [0.1, 0.15) is 12.0 Å². The van der Waals surface area contributed by atoms with E-state index in [1.54, 1.807) is 18.7 Å². The van der Waals surface area contributed by atoms with Crippen molar-refractivity contribution in [3.05, 3.63) is 29.8 Å². The van der Waals surface area contributed by atoms with Crippen LogP contribution < -0.4 is 9.80 Å². The van der Waals surface area contributed by atoms with Gasteiger partial charge in [-0.2, -0.15) is 0 Å². The predicted molar refractivity (Wildman–Crippen MR) is 100 cm³/mol. The Morgan fingerprint density at radius 3 is 2.63 bits per heavy atom. The van der Waals surface area contributed by atoms with Crippen LogP contribution in [0.4, 0.5) is 10.5 Å². The van der Waals surface area contributed by atoms with Crippen molar-refractivity contribution in [3.8, 4) is 0 Å². The number of urea groups is 1. The maximum atomic E-state index is 12.9. The van der Waals surface area contributed by atoms with E-state index in [2.05, 4.69) is 0 Å². The zero-order valence-electron chi connectivity index (χ0n) is 16.2. The summed E-state index contributed by atoms with van der Waals surface area (Å²) in [4.78, 5) is 41.6. The largest absolute Gasteiger partial charge is 0.466 e. The van der Waals surface area contributed by atoms with Gasteiger partial charge in [-0.3, -0.25) is 14.5 Å². The lowest BCUT2D eigenvalue weighted by atomic mass is 9.98. The second kappa shape index (κ2) is 8.08. The highest BCUT2D eigenvalue weighted by atomic mass is 16.5. The molecule has 146 valence electrons. The number of rotatable bonds is 5. The van der Waals surface area contributed by atoms with Crippen LogP contribution in [0.3, 0.4) is 0 Å². The highest BCUT2D eigenvalue weighted by Gasteiger charge is 2.45. The van der Waals surface area contributed by atoms with Crippen LogP contribution in [0.5, 0.6) is 0 Å². The number of esters is 1. The minimum atomic E-state index is -0.523. The van der Waals surface area contributed by atoms with Crippen LogP contribution in [-0.2, 0) is 14.3 Å². The van der Waals surface area contributed by atoms with Crippen LogP contribution in [0.15, 0.2) is 24.3 Å². The monoisotopic (exact) mass is 374 g/mol. The molecule has 7 heteroatoms. The number of nitrogens with one attached hydrogen (secondary N) is 1. The summed E-state index contributed by atoms with van der Waals surface area (Å²) < 4.78 is 5.14. The van der Waals surface area contributed by atoms with Crippen molar-refractivity contribution in [3.63, 3.8) is 0 Å². The number of carbonyl (C=O) groups is 3. The minimum absolute atomic E-state index is 0.160. The van der Waals surface area contributed by atoms with Gasteiger partial charge < -0.3 is 9.64 Å². The summed E-state index contributed by atoms with van der Waals surface area (Å²) in [5.41, 5.74) is 1.83. The van der Waals surface area contributed by atoms with Crippen molar-refractivity contribution in [2.75, 3.05) is 31.3 Å². The van der Waals surface area contributed by atoms with E-state index in [0.717, 1.165) is 35.5 Å². The van der Waals surface area contributed by atoms with E-state index in [4.69, 9.17) is 4.74 Å². The number of anilines is 1. The number of piperidine rings is 1. The molecule has 3 amide bonds. The van der Waals surface area contributed by atoms with E-state index in [0.29, 0.717) is 19.8 Å². The van der Waals surface area contributed by atoms with E-state index in [9.17, 15) is 14.4 Å². The Morgan fingerprint density at radius 2 is 1.96 bits per heavy atom. The van der Waals surface area contributed by atoms with Crippen LogP contribution in [-0.4, -0.2) is 55.2 Å². The summed E-state index contributed by atoms with van der Waals surface area (Å²) in [6.45, 7) is 7.63. The van der Waals surface area contributed by atoms with E-state index in [-0.39, 0.29) is 23.8 Å². The summed E-state index contributed by atoms with van der Waals surface area (Å²) in [7, 11) is 0. The molecule has 0 aliphatic carbocycles. The Balaban J connectivity index is 1.69. The summed E-state index contributed by atoms with van der Waals surface area (Å²) >= 11 is 0. The van der Waals surface area contributed by atoms with Gasteiger partial charge in [0.15, 0.2) is 6.67 Å². The molecule has 2 aliphatic rings. The highest BCUT2D eigenvalue weighted by Crippen LogP contribution is 2.25. The Hall–Kier alpha value is -2.41. The third-order valence-corrected chi connectivity index (χ3v) is 5.38. The van der Waals surface area contributed by atoms with Crippen LogP contribution in [0, 0.1) is 12.8 Å². The number of nitrogens with zero attached hydrogens (tertiary/aromatic N) is 2. The number of aryl methyl sites for hydroxylation is 1. The van der Waals surface area contributed by atoms with Crippen molar-refractivity contribution >= 4 is 23.6 Å². The van der Waals surface area contributed by atoms with Crippen molar-refractivity contribution in [1.82, 2.24) is 4.90 Å². The van der Waals surface area contributed by atoms with Gasteiger partial charge in [0.25, 0.3) is 5.91 Å². The Morgan fingerprint density at radius 1 is 1.26 bits per heavy atom. The quantitative estimate of drug-likeness (QED) is 0.616. The maximum absolute atomic E-state index is 12.9. The fourth-order valence-electron chi connectivity index (χ4n) is 3.89. The van der Waals surface area contributed by atoms with Crippen LogP contribution in [0.1, 0.15) is 32.3 Å². The van der Waals surface area contributed by atoms with E-state index in [1.807, 2.05) is 31.2 Å². The average molecular weight is 374 g/mol. The molecule has 0 saturated carbocycles. The van der Waals surface area contributed by atoms with Crippen LogP contribution in [0.2, 0.25) is 0 Å². The highest BCUT2D eigenvalue weighted by molar-refractivity contribution is 6.13. The second-order valence-corrected chi connectivity index (χ2v) is 7.38. The Labute approximate surface area is 159 Å². The Kier molecular flexibility index (Phi) is 5.79. The first-order valence-electron chi connectivity index (χ1n) is 9.63. The number of likely N-dealkylation sites (tertiary alicyclic amines) is 1. The number of quaternary nitrogens is 1. The molecule has 2 heterocycles. The molecule has 1 aromatic carbocycles. The first kappa shape index (κ1) is 19.4. The van der Waals surface area contributed by atoms with Crippen molar-refractivity contribution in [2.24, 2.45) is 5.92 Å². The van der Waals surface area contributed by atoms with Gasteiger partial charge in [-0.05, 0) is 45.7 Å². The van der Waals surface area contributed by atoms with E-state index >= 15 is 0 Å². The maximum Gasteiger partial charge on any atom is 0.336 e. The first-order valence-corrected chi connectivity index (χ1v) is 9.63. The van der Waals surface area contributed by atoms with Gasteiger partial charge in [-0.15, -0.1) is 0 Å². The fraction of sp³-hybridized carbons (Fsp3) is 0.550. The predicted octanol–water partition coefficient (Wildman–Crippen LogP) is 0.968. The lowest BCUT2D eigenvalue weighted by Gasteiger charge is -2.30. The molecule has 27 heavy (non-hydrogen) atoms. The van der Waals surface area contributed by atoms with Gasteiger partial charge >= 0.3 is 12.0 Å². The number of carbonyl (C=O) groups excluding carboxylic acids is 3. The molecule has 0 aromatic heterocycles. The molecule has 0 bridgehead atoms. The smallest absolute Gasteiger partial charge is 0.336 e. The number of imide groups is 1. The lowest BCUT2D eigenvalue weighted by Crippen LogP contribution is -3.15. The first-order chi connectivity index (χ1) is 12.9. The summed E-state index contributed by atoms with van der Waals surface area (Å²) in [5, 5.41) is 0. The molecule has 1 aromatic rings. The van der Waals surface area contributed by atoms with E-state index < -0.39 is 6.04 Å². The number of hydrogen-bond acceptors (Lipinski definition) is 4. The molecule has 2 aliphatic heterocycles. The molecule has 0 spiro atoms. The summed E-state index contributed by atoms with van der Waals surface area (Å²) in [6.07, 6.45) is 1.68. The molecule has 3 atom stereocenters. The number of benzene rings is 1. The third-order valence-electron chi connectivity index (χ3n) is 5.38. The zero-order valence-corrected chi connectivity index (χ0v) is 16.2. The summed E-state index contributed by atoms with van der Waals surface area (Å²) in [6, 6.07) is 6.79. The standard InChI is InChI=1S/C20H27N3O4/c1-4-27-19(25)16-6-5-11-21(12-16)13-22-18(24)15(3)23(20(22)26)17-9-7-14(2)8-10-17/h7-10,15-16H,4-6,11-13H2,1-3H3/p+1/t15-,16-/m0/s1. The topological polar surface area (TPSA) is 71.4 Å². The molecule has 1 unspecified atom stereocenters. The summed E-state index contributed by atoms with van der Waals surface area (Å²) in [5.74, 6) is -0.526. The number of hydrogen-bond donors (Lipinski definition) is 1. The Bertz CT molecular complexity index is 718. The van der Waals surface area contributed by atoms with Gasteiger partial charge in [-0.25, -0.2) is 9.69 Å². The zero-order chi connectivity index (χ0) is 19.6. The van der Waals surface area contributed by atoms with Gasteiger partial charge in [-0.1, -0.05) is 17.7 Å². The molecule has 0 radical (unpaired) electrons. The van der Waals surface area contributed by atoms with Gasteiger partial charge in [0.05, 0.1) is 19.7 Å². The van der Waals surface area contributed by atoms with Crippen molar-refractivity contribution in [1.29, 1.82) is 0 Å². The molecule has 7 nitrogen and oxygen atoms in total. The molecule has 3 rings (SSSR count). The molecule has 2 saturated heterocycles. The molecular weight excluding hydrogens is 346 g/mol. The fourth-order valence-corrected chi connectivity index (χ4v) is 3.89. The third kappa shape index (κ3) is 3.98. The van der Waals surface area contributed by atoms with Gasteiger partial charge in [0, 0.05) is 5.69 Å². The van der Waals surface area contributed by atoms with Crippen LogP contribution >= 0.6 is 0 Å². The minimum Gasteiger partial charge on any atom is -0.466 e. The lowest BCUT2D eigenvalue weighted by molar-refractivity contribution is -0.914. The van der Waals surface area contributed by atoms with Crippen molar-refractivity contribution < 1.29 is 24.0 Å². The molecular formula is C20H28N3O4+. The number of ether oxygens (including phenoxy) is 1. The molecule has 2 fully saturated rings. The van der Waals surface area contributed by atoms with Gasteiger partial charge in [0.2, 0.25) is 0 Å². The van der Waals surface area contributed by atoms with E-state index in [1.165, 1.54) is 4.90 Å². The SMILES string of the molecule is CCOC(=O)[C@H]1CCC[NH+](CN2C(=O)[C@H](C)N(c3ccc(C)cc3)C2=O)C1. The van der Waals surface area contributed by atoms with Crippen LogP contribution in [0.25, 0.3) is 0 Å². The van der Waals surface area contributed by atoms with Crippen molar-refractivity contribution in [2.45, 2.75) is 39.7 Å². The normalized spacial score (nSPS) is 25.8.